The van der Waals surface area contributed by atoms with Crippen LogP contribution in [0, 0.1) is 5.82 Å². The van der Waals surface area contributed by atoms with E-state index in [9.17, 15) is 9.18 Å². The summed E-state index contributed by atoms with van der Waals surface area (Å²) in [6.45, 7) is 0.138. The maximum Gasteiger partial charge on any atom is 0.316 e. The molecule has 5 heteroatoms. The number of thiazole rings is 1. The van der Waals surface area contributed by atoms with E-state index in [-0.39, 0.29) is 18.4 Å². The summed E-state index contributed by atoms with van der Waals surface area (Å²) >= 11 is 1.53. The summed E-state index contributed by atoms with van der Waals surface area (Å²) in [5, 5.41) is 2.82. The fourth-order valence-corrected chi connectivity index (χ4v) is 4.55. The molecule has 1 heterocycles. The van der Waals surface area contributed by atoms with Gasteiger partial charge in [-0.1, -0.05) is 55.3 Å². The van der Waals surface area contributed by atoms with Crippen LogP contribution in [0.5, 0.6) is 0 Å². The number of ether oxygens (including phenoxy) is 1. The number of hydrogen-bond donors (Lipinski definition) is 0. The zero-order valence-electron chi connectivity index (χ0n) is 14.9. The van der Waals surface area contributed by atoms with Crippen LogP contribution in [0.2, 0.25) is 0 Å². The second kappa shape index (κ2) is 7.61. The topological polar surface area (TPSA) is 39.2 Å². The van der Waals surface area contributed by atoms with Gasteiger partial charge < -0.3 is 4.74 Å². The highest BCUT2D eigenvalue weighted by molar-refractivity contribution is 7.13. The highest BCUT2D eigenvalue weighted by Gasteiger charge is 2.44. The molecule has 0 radical (unpaired) electrons. The Balaban J connectivity index is 1.49. The fraction of sp³-hybridized carbons (Fsp3) is 0.273. The Morgan fingerprint density at radius 1 is 1.11 bits per heavy atom. The highest BCUT2D eigenvalue weighted by atomic mass is 32.1. The minimum absolute atomic E-state index is 0.138. The molecule has 4 rings (SSSR count). The summed E-state index contributed by atoms with van der Waals surface area (Å²) in [6.07, 6.45) is 3.28. The number of hydrogen-bond acceptors (Lipinski definition) is 4. The molecule has 1 aliphatic carbocycles. The van der Waals surface area contributed by atoms with Crippen LogP contribution >= 0.6 is 11.3 Å². The van der Waals surface area contributed by atoms with Gasteiger partial charge in [0.05, 0.1) is 11.1 Å². The lowest BCUT2D eigenvalue weighted by atomic mass is 9.79. The van der Waals surface area contributed by atoms with Crippen molar-refractivity contribution in [3.05, 3.63) is 77.1 Å². The minimum atomic E-state index is -0.736. The summed E-state index contributed by atoms with van der Waals surface area (Å²) in [6, 6.07) is 16.3. The van der Waals surface area contributed by atoms with Crippen LogP contribution in [-0.2, 0) is 21.6 Å². The van der Waals surface area contributed by atoms with Crippen molar-refractivity contribution in [2.75, 3.05) is 0 Å². The molecule has 1 aromatic heterocycles. The molecule has 2 aromatic carbocycles. The number of benzene rings is 2. The number of rotatable bonds is 5. The normalized spacial score (nSPS) is 15.6. The molecule has 0 atom stereocenters. The van der Waals surface area contributed by atoms with Crippen LogP contribution in [-0.4, -0.2) is 11.0 Å². The smallest absolute Gasteiger partial charge is 0.316 e. The standard InChI is InChI=1S/C22H20FNO2S/c23-18-10-6-9-17(13-18)22(11-4-5-12-22)21(25)26-14-19-15-27-20(24-19)16-7-2-1-3-8-16/h1-3,6-10,13,15H,4-5,11-12,14H2. The van der Waals surface area contributed by atoms with Crippen LogP contribution in [0.3, 0.4) is 0 Å². The minimum Gasteiger partial charge on any atom is -0.458 e. The zero-order chi connectivity index (χ0) is 18.7. The molecule has 1 fully saturated rings. The number of nitrogens with zero attached hydrogens (tertiary/aromatic N) is 1. The van der Waals surface area contributed by atoms with Crippen molar-refractivity contribution in [3.8, 4) is 10.6 Å². The molecule has 3 nitrogen and oxygen atoms in total. The Kier molecular flexibility index (Phi) is 5.03. The van der Waals surface area contributed by atoms with E-state index in [0.717, 1.165) is 29.1 Å². The predicted octanol–water partition coefficient (Wildman–Crippen LogP) is 5.50. The molecule has 0 unspecified atom stereocenters. The molecule has 27 heavy (non-hydrogen) atoms. The second-order valence-corrected chi connectivity index (χ2v) is 7.74. The third-order valence-electron chi connectivity index (χ3n) is 5.15. The first-order valence-electron chi connectivity index (χ1n) is 9.10. The van der Waals surface area contributed by atoms with Gasteiger partial charge in [-0.25, -0.2) is 9.37 Å². The van der Waals surface area contributed by atoms with Crippen molar-refractivity contribution >= 4 is 17.3 Å². The fourth-order valence-electron chi connectivity index (χ4n) is 3.74. The van der Waals surface area contributed by atoms with Crippen molar-refractivity contribution in [1.82, 2.24) is 4.98 Å². The molecule has 3 aromatic rings. The number of halogens is 1. The summed E-state index contributed by atoms with van der Waals surface area (Å²) in [7, 11) is 0. The van der Waals surface area contributed by atoms with Gasteiger partial charge in [-0.15, -0.1) is 11.3 Å². The van der Waals surface area contributed by atoms with Crippen molar-refractivity contribution in [2.45, 2.75) is 37.7 Å². The third kappa shape index (κ3) is 3.65. The highest BCUT2D eigenvalue weighted by Crippen LogP contribution is 2.42. The summed E-state index contributed by atoms with van der Waals surface area (Å²) in [5.74, 6) is -0.599. The van der Waals surface area contributed by atoms with E-state index >= 15 is 0 Å². The van der Waals surface area contributed by atoms with E-state index < -0.39 is 5.41 Å². The van der Waals surface area contributed by atoms with Gasteiger partial charge in [0.15, 0.2) is 0 Å². The average molecular weight is 381 g/mol. The van der Waals surface area contributed by atoms with Gasteiger partial charge in [0.2, 0.25) is 0 Å². The molecule has 0 bridgehead atoms. The maximum absolute atomic E-state index is 13.7. The molecule has 0 amide bonds. The van der Waals surface area contributed by atoms with Crippen molar-refractivity contribution in [3.63, 3.8) is 0 Å². The molecule has 0 aliphatic heterocycles. The van der Waals surface area contributed by atoms with Gasteiger partial charge in [0.1, 0.15) is 17.4 Å². The van der Waals surface area contributed by atoms with Gasteiger partial charge in [0.25, 0.3) is 0 Å². The van der Waals surface area contributed by atoms with E-state index in [0.29, 0.717) is 18.4 Å². The third-order valence-corrected chi connectivity index (χ3v) is 6.09. The Hall–Kier alpha value is -2.53. The SMILES string of the molecule is O=C(OCc1csc(-c2ccccc2)n1)C1(c2cccc(F)c2)CCCC1. The van der Waals surface area contributed by atoms with Crippen LogP contribution in [0.4, 0.5) is 4.39 Å². The van der Waals surface area contributed by atoms with Crippen molar-refractivity contribution in [1.29, 1.82) is 0 Å². The number of aromatic nitrogens is 1. The lowest BCUT2D eigenvalue weighted by Gasteiger charge is -2.27. The first-order valence-corrected chi connectivity index (χ1v) is 9.98. The maximum atomic E-state index is 13.7. The molecular weight excluding hydrogens is 361 g/mol. The molecular formula is C22H20FNO2S. The number of esters is 1. The van der Waals surface area contributed by atoms with E-state index in [4.69, 9.17) is 4.74 Å². The molecule has 0 spiro atoms. The molecule has 0 saturated heterocycles. The zero-order valence-corrected chi connectivity index (χ0v) is 15.7. The van der Waals surface area contributed by atoms with Gasteiger partial charge in [0, 0.05) is 10.9 Å². The summed E-state index contributed by atoms with van der Waals surface area (Å²) in [5.41, 5.74) is 1.76. The number of carbonyl (C=O) groups is 1. The molecule has 138 valence electrons. The first kappa shape index (κ1) is 17.9. The van der Waals surface area contributed by atoms with Gasteiger partial charge in [-0.3, -0.25) is 4.79 Å². The Morgan fingerprint density at radius 2 is 1.89 bits per heavy atom. The van der Waals surface area contributed by atoms with Crippen LogP contribution < -0.4 is 0 Å². The Bertz CT molecular complexity index is 932. The van der Waals surface area contributed by atoms with Crippen molar-refractivity contribution in [2.24, 2.45) is 0 Å². The lowest BCUT2D eigenvalue weighted by molar-refractivity contribution is -0.152. The van der Waals surface area contributed by atoms with Crippen LogP contribution in [0.15, 0.2) is 60.0 Å². The Morgan fingerprint density at radius 3 is 2.63 bits per heavy atom. The van der Waals surface area contributed by atoms with E-state index in [1.54, 1.807) is 6.07 Å². The quantitative estimate of drug-likeness (QED) is 0.548. The van der Waals surface area contributed by atoms with Gasteiger partial charge >= 0.3 is 5.97 Å². The van der Waals surface area contributed by atoms with Gasteiger partial charge in [-0.2, -0.15) is 0 Å². The summed E-state index contributed by atoms with van der Waals surface area (Å²) < 4.78 is 19.3. The van der Waals surface area contributed by atoms with Crippen LogP contribution in [0.25, 0.3) is 10.6 Å². The first-order chi connectivity index (χ1) is 13.2. The Labute approximate surface area is 161 Å². The molecule has 1 aliphatic rings. The molecule has 0 N–H and O–H groups in total. The lowest BCUT2D eigenvalue weighted by Crippen LogP contribution is -2.34. The van der Waals surface area contributed by atoms with E-state index in [1.807, 2.05) is 41.8 Å². The average Bonchev–Trinajstić information content (AvgIpc) is 3.37. The second-order valence-electron chi connectivity index (χ2n) is 6.89. The van der Waals surface area contributed by atoms with E-state index in [2.05, 4.69) is 4.98 Å². The largest absolute Gasteiger partial charge is 0.458 e. The van der Waals surface area contributed by atoms with Crippen LogP contribution in [0.1, 0.15) is 36.9 Å². The van der Waals surface area contributed by atoms with Gasteiger partial charge in [-0.05, 0) is 30.5 Å². The molecule has 1 saturated carbocycles. The summed E-state index contributed by atoms with van der Waals surface area (Å²) in [4.78, 5) is 17.5. The van der Waals surface area contributed by atoms with E-state index in [1.165, 1.54) is 23.5 Å². The monoisotopic (exact) mass is 381 g/mol. The number of carbonyl (C=O) groups excluding carboxylic acids is 1. The predicted molar refractivity (Wildman–Crippen MR) is 104 cm³/mol. The van der Waals surface area contributed by atoms with Crippen molar-refractivity contribution < 1.29 is 13.9 Å².